The second-order valence-corrected chi connectivity index (χ2v) is 7.50. The zero-order chi connectivity index (χ0) is 16.2. The molecule has 0 bridgehead atoms. The van der Waals surface area contributed by atoms with Gasteiger partial charge in [-0.1, -0.05) is 12.1 Å². The molecule has 2 heterocycles. The van der Waals surface area contributed by atoms with E-state index in [-0.39, 0.29) is 38.6 Å². The van der Waals surface area contributed by atoms with Crippen molar-refractivity contribution in [3.8, 4) is 0 Å². The van der Waals surface area contributed by atoms with Crippen LogP contribution in [0.2, 0.25) is 0 Å². The molecule has 0 N–H and O–H groups in total. The number of rotatable bonds is 5. The van der Waals surface area contributed by atoms with E-state index in [0.717, 1.165) is 48.4 Å². The molecular weight excluding hydrogens is 393 g/mol. The number of nitrogens with zero attached hydrogens (tertiary/aromatic N) is 2. The van der Waals surface area contributed by atoms with Crippen molar-refractivity contribution in [2.45, 2.75) is 45.4 Å². The van der Waals surface area contributed by atoms with Crippen LogP contribution in [0.4, 0.5) is 0 Å². The zero-order valence-electron chi connectivity index (χ0n) is 14.4. The largest absolute Gasteiger partial charge is 0.348 e. The molecule has 3 rings (SSSR count). The zero-order valence-corrected chi connectivity index (χ0v) is 18.0. The van der Waals surface area contributed by atoms with Crippen LogP contribution in [0.3, 0.4) is 0 Å². The summed E-state index contributed by atoms with van der Waals surface area (Å²) in [4.78, 5) is 19.2. The van der Waals surface area contributed by atoms with Crippen LogP contribution in [0.25, 0.3) is 10.2 Å². The molecule has 0 saturated carbocycles. The molecule has 0 atom stereocenters. The van der Waals surface area contributed by atoms with Crippen LogP contribution in [0.15, 0.2) is 18.2 Å². The fraction of sp³-hybridized carbons (Fsp3) is 0.474. The Hall–Kier alpha value is -0.316. The standard InChI is InChI=1S/C19H24N2OS.Y/c1-3-4-6-15-9-11-21(12-10-15)18(22)13-16-7-5-8-17-19(16)20-14(2)23-17;/h5,7-8H,1,3-4,6,9-13H2,2H3;/q-2;. The summed E-state index contributed by atoms with van der Waals surface area (Å²) in [7, 11) is 0. The quantitative estimate of drug-likeness (QED) is 0.678. The van der Waals surface area contributed by atoms with Crippen LogP contribution >= 0.6 is 11.3 Å². The Balaban J connectivity index is 0.00000208. The molecule has 1 aromatic heterocycles. The number of hydrogen-bond acceptors (Lipinski definition) is 3. The van der Waals surface area contributed by atoms with Crippen molar-refractivity contribution in [2.24, 2.45) is 0 Å². The molecule has 3 nitrogen and oxygen atoms in total. The van der Waals surface area contributed by atoms with Gasteiger partial charge >= 0.3 is 0 Å². The molecule has 1 aliphatic heterocycles. The minimum absolute atomic E-state index is 0. The summed E-state index contributed by atoms with van der Waals surface area (Å²) in [6, 6.07) is 6.15. The van der Waals surface area contributed by atoms with E-state index in [2.05, 4.69) is 18.0 Å². The summed E-state index contributed by atoms with van der Waals surface area (Å²) >= 11 is 1.69. The van der Waals surface area contributed by atoms with Crippen molar-refractivity contribution in [1.82, 2.24) is 9.88 Å². The third-order valence-corrected chi connectivity index (χ3v) is 5.49. The number of fused-ring (bicyclic) bond motifs is 1. The van der Waals surface area contributed by atoms with Gasteiger partial charge in [-0.05, 0) is 31.6 Å². The van der Waals surface area contributed by atoms with Crippen LogP contribution in [0.5, 0.6) is 0 Å². The van der Waals surface area contributed by atoms with Crippen LogP contribution in [-0.2, 0) is 43.9 Å². The van der Waals surface area contributed by atoms with Gasteiger partial charge < -0.3 is 17.7 Å². The smallest absolute Gasteiger partial charge is 0.226 e. The minimum Gasteiger partial charge on any atom is -0.348 e. The van der Waals surface area contributed by atoms with E-state index in [4.69, 9.17) is 0 Å². The summed E-state index contributed by atoms with van der Waals surface area (Å²) in [5, 5.41) is 1.06. The number of unbranched alkanes of at least 4 members (excludes halogenated alkanes) is 1. The number of aromatic nitrogens is 1. The van der Waals surface area contributed by atoms with Crippen molar-refractivity contribution in [3.05, 3.63) is 41.6 Å². The van der Waals surface area contributed by atoms with Crippen LogP contribution in [-0.4, -0.2) is 28.9 Å². The molecule has 24 heavy (non-hydrogen) atoms. The minimum atomic E-state index is 0. The van der Waals surface area contributed by atoms with Gasteiger partial charge in [-0.25, -0.2) is 4.98 Å². The molecule has 0 aliphatic carbocycles. The Morgan fingerprint density at radius 3 is 2.83 bits per heavy atom. The van der Waals surface area contributed by atoms with Crippen molar-refractivity contribution < 1.29 is 37.5 Å². The summed E-state index contributed by atoms with van der Waals surface area (Å²) in [5.74, 6) is 1.84. The van der Waals surface area contributed by atoms with E-state index < -0.39 is 0 Å². The topological polar surface area (TPSA) is 33.2 Å². The molecule has 1 aliphatic rings. The van der Waals surface area contributed by atoms with E-state index in [1.54, 1.807) is 17.3 Å². The molecule has 0 unspecified atom stereocenters. The SMILES string of the molecule is [CH2-]CCC[C-]1CCN(C(=O)Cc2cccc3sc(C)nc23)CC1.[Y]. The van der Waals surface area contributed by atoms with E-state index in [1.165, 1.54) is 17.5 Å². The van der Waals surface area contributed by atoms with Crippen LogP contribution in [0, 0.1) is 19.8 Å². The number of carbonyl (C=O) groups is 1. The van der Waals surface area contributed by atoms with E-state index in [9.17, 15) is 4.79 Å². The maximum atomic E-state index is 12.6. The first-order chi connectivity index (χ1) is 11.2. The van der Waals surface area contributed by atoms with Gasteiger partial charge in [0.1, 0.15) is 0 Å². The number of para-hydroxylation sites is 1. The average molecular weight is 417 g/mol. The second-order valence-electron chi connectivity index (χ2n) is 6.26. The number of aryl methyl sites for hydroxylation is 1. The molecule has 0 spiro atoms. The Bertz CT molecular complexity index is 677. The Morgan fingerprint density at radius 1 is 1.38 bits per heavy atom. The van der Waals surface area contributed by atoms with E-state index >= 15 is 0 Å². The third kappa shape index (κ3) is 4.86. The maximum Gasteiger partial charge on any atom is 0.226 e. The van der Waals surface area contributed by atoms with Gasteiger partial charge in [-0.3, -0.25) is 4.79 Å². The summed E-state index contributed by atoms with van der Waals surface area (Å²) in [5.41, 5.74) is 2.06. The fourth-order valence-corrected chi connectivity index (χ4v) is 4.11. The molecule has 2 aromatic rings. The first kappa shape index (κ1) is 20.0. The normalized spacial score (nSPS) is 15.5. The first-order valence-electron chi connectivity index (χ1n) is 8.43. The number of benzene rings is 1. The average Bonchev–Trinajstić information content (AvgIpc) is 2.94. The Kier molecular flexibility index (Phi) is 7.83. The molecular formula is C19H24N2OSY-2. The molecule has 127 valence electrons. The maximum absolute atomic E-state index is 12.6. The molecule has 1 amide bonds. The number of carbonyl (C=O) groups excluding carboxylic acids is 1. The third-order valence-electron chi connectivity index (χ3n) is 4.55. The monoisotopic (exact) mass is 417 g/mol. The van der Waals surface area contributed by atoms with Gasteiger partial charge in [-0.2, -0.15) is 25.7 Å². The number of hydrogen-bond donors (Lipinski definition) is 0. The summed E-state index contributed by atoms with van der Waals surface area (Å²) in [6.45, 7) is 7.67. The van der Waals surface area contributed by atoms with Gasteiger partial charge in [-0.15, -0.1) is 17.8 Å². The molecule has 5 heteroatoms. The van der Waals surface area contributed by atoms with Crippen molar-refractivity contribution >= 4 is 27.5 Å². The van der Waals surface area contributed by atoms with Gasteiger partial charge in [0, 0.05) is 32.7 Å². The summed E-state index contributed by atoms with van der Waals surface area (Å²) < 4.78 is 1.18. The predicted molar refractivity (Wildman–Crippen MR) is 96.3 cm³/mol. The second kappa shape index (κ2) is 9.40. The van der Waals surface area contributed by atoms with Crippen LogP contribution in [0.1, 0.15) is 42.7 Å². The number of thiazole rings is 1. The van der Waals surface area contributed by atoms with Crippen molar-refractivity contribution in [3.63, 3.8) is 0 Å². The molecule has 1 aromatic carbocycles. The first-order valence-corrected chi connectivity index (χ1v) is 9.24. The number of amides is 1. The van der Waals surface area contributed by atoms with E-state index in [0.29, 0.717) is 6.42 Å². The van der Waals surface area contributed by atoms with Crippen LogP contribution < -0.4 is 0 Å². The molecule has 1 radical (unpaired) electrons. The van der Waals surface area contributed by atoms with E-state index in [1.807, 2.05) is 24.0 Å². The Labute approximate surface area is 174 Å². The van der Waals surface area contributed by atoms with Gasteiger partial charge in [0.15, 0.2) is 0 Å². The number of piperidine rings is 1. The fourth-order valence-electron chi connectivity index (χ4n) is 3.23. The summed E-state index contributed by atoms with van der Waals surface area (Å²) in [6.07, 6.45) is 5.95. The molecule has 1 saturated heterocycles. The van der Waals surface area contributed by atoms with Crippen molar-refractivity contribution in [2.75, 3.05) is 13.1 Å². The Morgan fingerprint density at radius 2 is 2.12 bits per heavy atom. The van der Waals surface area contributed by atoms with Gasteiger partial charge in [0.05, 0.1) is 21.6 Å². The number of likely N-dealkylation sites (tertiary alicyclic amines) is 1. The predicted octanol–water partition coefficient (Wildman–Crippen LogP) is 4.35. The van der Waals surface area contributed by atoms with Gasteiger partial charge in [0.25, 0.3) is 0 Å². The van der Waals surface area contributed by atoms with Crippen molar-refractivity contribution in [1.29, 1.82) is 0 Å². The van der Waals surface area contributed by atoms with Gasteiger partial charge in [0.2, 0.25) is 5.91 Å². The molecule has 1 fully saturated rings.